The lowest BCUT2D eigenvalue weighted by atomic mass is 10.0. The van der Waals surface area contributed by atoms with Gasteiger partial charge in [0, 0.05) is 37.4 Å². The molecule has 6 heteroatoms. The SMILES string of the molecule is Cc1ccc(-c2ccc(SCC(=O)N3CCN(c4ccccc4)CC3)nn2)c(C)c1. The van der Waals surface area contributed by atoms with Crippen LogP contribution in [0.3, 0.4) is 0 Å². The fraction of sp³-hybridized carbons (Fsp3) is 0.292. The van der Waals surface area contributed by atoms with Gasteiger partial charge in [0.05, 0.1) is 11.4 Å². The van der Waals surface area contributed by atoms with Crippen molar-refractivity contribution < 1.29 is 4.79 Å². The number of rotatable bonds is 5. The van der Waals surface area contributed by atoms with Crippen molar-refractivity contribution >= 4 is 23.4 Å². The van der Waals surface area contributed by atoms with Crippen LogP contribution in [0.2, 0.25) is 0 Å². The first-order valence-electron chi connectivity index (χ1n) is 10.2. The number of benzene rings is 2. The Morgan fingerprint density at radius 2 is 1.70 bits per heavy atom. The van der Waals surface area contributed by atoms with Gasteiger partial charge in [-0.15, -0.1) is 10.2 Å². The highest BCUT2D eigenvalue weighted by Gasteiger charge is 2.21. The summed E-state index contributed by atoms with van der Waals surface area (Å²) in [5.74, 6) is 0.552. The van der Waals surface area contributed by atoms with Crippen LogP contribution in [0.4, 0.5) is 5.69 Å². The van der Waals surface area contributed by atoms with Gasteiger partial charge >= 0.3 is 0 Å². The average molecular weight is 419 g/mol. The van der Waals surface area contributed by atoms with Crippen molar-refractivity contribution in [1.82, 2.24) is 15.1 Å². The molecule has 0 saturated carbocycles. The highest BCUT2D eigenvalue weighted by molar-refractivity contribution is 7.99. The Morgan fingerprint density at radius 3 is 2.37 bits per heavy atom. The summed E-state index contributed by atoms with van der Waals surface area (Å²) in [4.78, 5) is 16.9. The number of carbonyl (C=O) groups excluding carboxylic acids is 1. The summed E-state index contributed by atoms with van der Waals surface area (Å²) in [5.41, 5.74) is 5.60. The van der Waals surface area contributed by atoms with Crippen molar-refractivity contribution in [2.45, 2.75) is 18.9 Å². The second kappa shape index (κ2) is 9.30. The average Bonchev–Trinajstić information content (AvgIpc) is 2.79. The number of carbonyl (C=O) groups is 1. The Labute approximate surface area is 182 Å². The van der Waals surface area contributed by atoms with Crippen LogP contribution < -0.4 is 4.90 Å². The third kappa shape index (κ3) is 4.82. The van der Waals surface area contributed by atoms with Gasteiger partial charge < -0.3 is 9.80 Å². The minimum Gasteiger partial charge on any atom is -0.368 e. The molecular formula is C24H26N4OS. The number of aromatic nitrogens is 2. The number of aryl methyl sites for hydroxylation is 2. The molecule has 2 aromatic carbocycles. The quantitative estimate of drug-likeness (QED) is 0.581. The molecule has 0 atom stereocenters. The Morgan fingerprint density at radius 1 is 0.933 bits per heavy atom. The van der Waals surface area contributed by atoms with Crippen LogP contribution in [0.5, 0.6) is 0 Å². The van der Waals surface area contributed by atoms with Crippen LogP contribution in [0.25, 0.3) is 11.3 Å². The fourth-order valence-corrected chi connectivity index (χ4v) is 4.44. The number of hydrogen-bond acceptors (Lipinski definition) is 5. The number of piperazine rings is 1. The van der Waals surface area contributed by atoms with Gasteiger partial charge in [0.25, 0.3) is 0 Å². The summed E-state index contributed by atoms with van der Waals surface area (Å²) in [6.07, 6.45) is 0. The number of thioether (sulfide) groups is 1. The number of hydrogen-bond donors (Lipinski definition) is 0. The molecule has 154 valence electrons. The Balaban J connectivity index is 1.29. The molecule has 0 bridgehead atoms. The third-order valence-electron chi connectivity index (χ3n) is 5.40. The number of anilines is 1. The first kappa shape index (κ1) is 20.4. The maximum Gasteiger partial charge on any atom is 0.233 e. The van der Waals surface area contributed by atoms with E-state index in [-0.39, 0.29) is 5.91 Å². The van der Waals surface area contributed by atoms with E-state index in [0.717, 1.165) is 42.5 Å². The molecule has 1 saturated heterocycles. The largest absolute Gasteiger partial charge is 0.368 e. The van der Waals surface area contributed by atoms with E-state index in [4.69, 9.17) is 0 Å². The van der Waals surface area contributed by atoms with Crippen LogP contribution in [-0.4, -0.2) is 52.9 Å². The lowest BCUT2D eigenvalue weighted by Crippen LogP contribution is -2.49. The van der Waals surface area contributed by atoms with Crippen molar-refractivity contribution in [2.75, 3.05) is 36.8 Å². The molecule has 30 heavy (non-hydrogen) atoms. The number of nitrogens with zero attached hydrogens (tertiary/aromatic N) is 4. The zero-order chi connectivity index (χ0) is 20.9. The summed E-state index contributed by atoms with van der Waals surface area (Å²) in [6.45, 7) is 7.41. The molecule has 1 aliphatic rings. The zero-order valence-corrected chi connectivity index (χ0v) is 18.2. The summed E-state index contributed by atoms with van der Waals surface area (Å²) in [7, 11) is 0. The van der Waals surface area contributed by atoms with Crippen molar-refractivity contribution in [3.63, 3.8) is 0 Å². The second-order valence-electron chi connectivity index (χ2n) is 7.57. The smallest absolute Gasteiger partial charge is 0.233 e. The maximum absolute atomic E-state index is 12.6. The van der Waals surface area contributed by atoms with Crippen LogP contribution in [0.15, 0.2) is 65.7 Å². The van der Waals surface area contributed by atoms with Crippen LogP contribution in [-0.2, 0) is 4.79 Å². The molecule has 4 rings (SSSR count). The van der Waals surface area contributed by atoms with Gasteiger partial charge in [-0.2, -0.15) is 0 Å². The van der Waals surface area contributed by atoms with E-state index in [1.807, 2.05) is 23.1 Å². The minimum atomic E-state index is 0.160. The van der Waals surface area contributed by atoms with Crippen LogP contribution in [0, 0.1) is 13.8 Å². The molecule has 0 radical (unpaired) electrons. The molecule has 3 aromatic rings. The van der Waals surface area contributed by atoms with E-state index in [2.05, 4.69) is 71.4 Å². The zero-order valence-electron chi connectivity index (χ0n) is 17.4. The summed E-state index contributed by atoms with van der Waals surface area (Å²) >= 11 is 1.45. The lowest BCUT2D eigenvalue weighted by Gasteiger charge is -2.36. The Bertz CT molecular complexity index is 999. The van der Waals surface area contributed by atoms with E-state index in [0.29, 0.717) is 5.75 Å². The molecule has 1 amide bonds. The molecule has 1 aliphatic heterocycles. The van der Waals surface area contributed by atoms with Gasteiger partial charge in [-0.05, 0) is 43.7 Å². The topological polar surface area (TPSA) is 49.3 Å². The highest BCUT2D eigenvalue weighted by Crippen LogP contribution is 2.24. The summed E-state index contributed by atoms with van der Waals surface area (Å²) in [6, 6.07) is 20.6. The van der Waals surface area contributed by atoms with Crippen molar-refractivity contribution in [3.8, 4) is 11.3 Å². The minimum absolute atomic E-state index is 0.160. The van der Waals surface area contributed by atoms with E-state index >= 15 is 0 Å². The third-order valence-corrected chi connectivity index (χ3v) is 6.30. The normalized spacial score (nSPS) is 14.1. The molecule has 0 N–H and O–H groups in total. The molecule has 0 unspecified atom stereocenters. The van der Waals surface area contributed by atoms with Gasteiger partial charge in [0.2, 0.25) is 5.91 Å². The molecule has 1 aromatic heterocycles. The molecule has 5 nitrogen and oxygen atoms in total. The van der Waals surface area contributed by atoms with E-state index in [1.165, 1.54) is 28.6 Å². The van der Waals surface area contributed by atoms with E-state index < -0.39 is 0 Å². The number of amides is 1. The van der Waals surface area contributed by atoms with E-state index in [9.17, 15) is 4.79 Å². The number of para-hydroxylation sites is 1. The van der Waals surface area contributed by atoms with Gasteiger partial charge in [0.15, 0.2) is 0 Å². The predicted molar refractivity (Wildman–Crippen MR) is 123 cm³/mol. The predicted octanol–water partition coefficient (Wildman–Crippen LogP) is 4.20. The van der Waals surface area contributed by atoms with Crippen molar-refractivity contribution in [3.05, 3.63) is 71.8 Å². The molecule has 2 heterocycles. The highest BCUT2D eigenvalue weighted by atomic mass is 32.2. The van der Waals surface area contributed by atoms with Gasteiger partial charge in [-0.25, -0.2) is 0 Å². The van der Waals surface area contributed by atoms with Crippen molar-refractivity contribution in [2.24, 2.45) is 0 Å². The van der Waals surface area contributed by atoms with Gasteiger partial charge in [0.1, 0.15) is 5.03 Å². The van der Waals surface area contributed by atoms with Crippen LogP contribution in [0.1, 0.15) is 11.1 Å². The fourth-order valence-electron chi connectivity index (χ4n) is 3.72. The maximum atomic E-state index is 12.6. The van der Waals surface area contributed by atoms with Gasteiger partial charge in [-0.1, -0.05) is 53.7 Å². The first-order valence-corrected chi connectivity index (χ1v) is 11.2. The summed E-state index contributed by atoms with van der Waals surface area (Å²) < 4.78 is 0. The second-order valence-corrected chi connectivity index (χ2v) is 8.56. The lowest BCUT2D eigenvalue weighted by molar-refractivity contribution is -0.128. The van der Waals surface area contributed by atoms with E-state index in [1.54, 1.807) is 0 Å². The Hall–Kier alpha value is -2.86. The monoisotopic (exact) mass is 418 g/mol. The standard InChI is InChI=1S/C24H26N4OS/c1-18-8-9-21(19(2)16-18)22-10-11-23(26-25-22)30-17-24(29)28-14-12-27(13-15-28)20-6-4-3-5-7-20/h3-11,16H,12-15,17H2,1-2H3. The Kier molecular flexibility index (Phi) is 6.33. The van der Waals surface area contributed by atoms with Gasteiger partial charge in [-0.3, -0.25) is 4.79 Å². The van der Waals surface area contributed by atoms with Crippen molar-refractivity contribution in [1.29, 1.82) is 0 Å². The summed E-state index contributed by atoms with van der Waals surface area (Å²) in [5, 5.41) is 9.47. The molecular weight excluding hydrogens is 392 g/mol. The molecule has 0 spiro atoms. The molecule has 1 fully saturated rings. The molecule has 0 aliphatic carbocycles. The first-order chi connectivity index (χ1) is 14.6. The van der Waals surface area contributed by atoms with Crippen LogP contribution >= 0.6 is 11.8 Å².